The maximum Gasteiger partial charge on any atom is 0.319 e. The molecule has 2 saturated heterocycles. The van der Waals surface area contributed by atoms with Gasteiger partial charge in [-0.2, -0.15) is 9.97 Å². The number of halogens is 3. The van der Waals surface area contributed by atoms with Crippen molar-refractivity contribution in [2.45, 2.75) is 50.4 Å². The smallest absolute Gasteiger partial charge is 0.319 e. The lowest BCUT2D eigenvalue weighted by Gasteiger charge is -2.34. The first-order chi connectivity index (χ1) is 23.1. The molecule has 3 aliphatic rings. The molecule has 1 aromatic carbocycles. The predicted molar refractivity (Wildman–Crippen MR) is 174 cm³/mol. The third-order valence-electron chi connectivity index (χ3n) is 9.19. The van der Waals surface area contributed by atoms with Crippen LogP contribution in [0, 0.1) is 24.0 Å². The average molecular weight is 666 g/mol. The van der Waals surface area contributed by atoms with Crippen molar-refractivity contribution in [2.75, 3.05) is 62.3 Å². The number of rotatable bonds is 9. The monoisotopic (exact) mass is 665 g/mol. The van der Waals surface area contributed by atoms with E-state index < -0.39 is 23.3 Å². The molecule has 0 spiro atoms. The number of likely N-dealkylation sites (tertiary alicyclic amines) is 1. The van der Waals surface area contributed by atoms with Gasteiger partial charge in [-0.3, -0.25) is 9.69 Å². The zero-order chi connectivity index (χ0) is 34.0. The van der Waals surface area contributed by atoms with Gasteiger partial charge in [-0.05, 0) is 44.4 Å². The van der Waals surface area contributed by atoms with E-state index in [0.717, 1.165) is 19.3 Å². The summed E-state index contributed by atoms with van der Waals surface area (Å²) in [5.74, 6) is 1.12. The molecule has 5 heterocycles. The summed E-state index contributed by atoms with van der Waals surface area (Å²) in [7, 11) is 0. The van der Waals surface area contributed by atoms with Crippen molar-refractivity contribution in [3.63, 3.8) is 0 Å². The van der Waals surface area contributed by atoms with Crippen molar-refractivity contribution < 1.29 is 32.5 Å². The van der Waals surface area contributed by atoms with Crippen molar-refractivity contribution in [1.29, 1.82) is 0 Å². The molecule has 0 saturated carbocycles. The first kappa shape index (κ1) is 33.3. The quantitative estimate of drug-likeness (QED) is 0.259. The molecular formula is C34H38F3N7O4. The van der Waals surface area contributed by atoms with Crippen LogP contribution in [0.3, 0.4) is 0 Å². The summed E-state index contributed by atoms with van der Waals surface area (Å²) in [5, 5.41) is 12.8. The molecule has 3 atom stereocenters. The van der Waals surface area contributed by atoms with E-state index >= 15 is 4.39 Å². The van der Waals surface area contributed by atoms with E-state index in [2.05, 4.69) is 27.8 Å². The molecule has 11 nitrogen and oxygen atoms in total. The van der Waals surface area contributed by atoms with Gasteiger partial charge in [0.2, 0.25) is 5.91 Å². The van der Waals surface area contributed by atoms with Crippen LogP contribution in [0.4, 0.5) is 30.5 Å². The van der Waals surface area contributed by atoms with Crippen LogP contribution in [0.25, 0.3) is 10.9 Å². The maximum absolute atomic E-state index is 16.8. The lowest BCUT2D eigenvalue weighted by molar-refractivity contribution is -0.117. The van der Waals surface area contributed by atoms with E-state index in [1.165, 1.54) is 29.3 Å². The summed E-state index contributed by atoms with van der Waals surface area (Å²) in [4.78, 5) is 31.1. The van der Waals surface area contributed by atoms with Gasteiger partial charge >= 0.3 is 6.01 Å². The van der Waals surface area contributed by atoms with Crippen LogP contribution in [0.15, 0.2) is 31.0 Å². The summed E-state index contributed by atoms with van der Waals surface area (Å²) in [6.07, 6.45) is 9.78. The number of aliphatic hydroxyl groups excluding tert-OH is 1. The number of amides is 1. The van der Waals surface area contributed by atoms with Crippen molar-refractivity contribution in [3.05, 3.63) is 48.2 Å². The van der Waals surface area contributed by atoms with Crippen LogP contribution in [-0.2, 0) is 4.79 Å². The van der Waals surface area contributed by atoms with E-state index in [-0.39, 0.29) is 86.4 Å². The average Bonchev–Trinajstić information content (AvgIpc) is 3.21. The van der Waals surface area contributed by atoms with Crippen LogP contribution in [0.5, 0.6) is 11.8 Å². The Labute approximate surface area is 276 Å². The molecule has 1 amide bonds. The van der Waals surface area contributed by atoms with Gasteiger partial charge in [-0.15, -0.1) is 6.42 Å². The van der Waals surface area contributed by atoms with Gasteiger partial charge < -0.3 is 29.7 Å². The number of pyridine rings is 1. The number of ether oxygens (including phenoxy) is 2. The van der Waals surface area contributed by atoms with E-state index in [1.54, 1.807) is 0 Å². The minimum Gasteiger partial charge on any atom is -0.489 e. The predicted octanol–water partition coefficient (Wildman–Crippen LogP) is 3.65. The Kier molecular flexibility index (Phi) is 9.61. The number of anilines is 3. The molecule has 2 fully saturated rings. The second-order valence-corrected chi connectivity index (χ2v) is 12.5. The van der Waals surface area contributed by atoms with Crippen LogP contribution >= 0.6 is 0 Å². The second-order valence-electron chi connectivity index (χ2n) is 12.5. The highest BCUT2D eigenvalue weighted by atomic mass is 19.1. The maximum atomic E-state index is 16.8. The molecule has 6 rings (SSSR count). The molecule has 2 aromatic heterocycles. The standard InChI is InChI=1S/C34H38F3N7O4/c1-4-23-25(36)9-10-26-30(23)44(13-15-47-26)32-28(37)29-24(17-38-32)31(42-11-7-6-8-22(19-42)39-27(46)5-2)41-33(40-29)48-20-34(3)16-21(35)18-43(34)12-14-45/h1,5,9-10,17,21-22,45H,2,6-8,11-16,18-20H2,3H3,(H,39,46)/t21-,22?,34+/m1/s1. The molecule has 3 aromatic rings. The van der Waals surface area contributed by atoms with Gasteiger partial charge in [-0.1, -0.05) is 12.5 Å². The largest absolute Gasteiger partial charge is 0.489 e. The van der Waals surface area contributed by atoms with Gasteiger partial charge in [0.25, 0.3) is 0 Å². The number of alkyl halides is 1. The first-order valence-corrected chi connectivity index (χ1v) is 16.0. The number of fused-ring (bicyclic) bond motifs is 2. The van der Waals surface area contributed by atoms with Crippen molar-refractivity contribution in [2.24, 2.45) is 0 Å². The number of nitrogens with one attached hydrogen (secondary N) is 1. The lowest BCUT2D eigenvalue weighted by Crippen LogP contribution is -2.47. The van der Waals surface area contributed by atoms with Gasteiger partial charge in [0.1, 0.15) is 48.0 Å². The molecule has 0 aliphatic carbocycles. The Morgan fingerprint density at radius 2 is 2.10 bits per heavy atom. The number of hydrogen-bond acceptors (Lipinski definition) is 10. The van der Waals surface area contributed by atoms with Crippen molar-refractivity contribution in [1.82, 2.24) is 25.2 Å². The molecule has 14 heteroatoms. The Balaban J connectivity index is 1.44. The third kappa shape index (κ3) is 6.44. The number of benzene rings is 1. The van der Waals surface area contributed by atoms with E-state index in [4.69, 9.17) is 20.9 Å². The lowest BCUT2D eigenvalue weighted by atomic mass is 10.00. The number of aromatic nitrogens is 3. The van der Waals surface area contributed by atoms with Gasteiger partial charge in [0, 0.05) is 44.8 Å². The Hall–Kier alpha value is -4.61. The van der Waals surface area contributed by atoms with Gasteiger partial charge in [0.15, 0.2) is 11.6 Å². The molecule has 2 N–H and O–H groups in total. The molecule has 3 aliphatic heterocycles. The highest BCUT2D eigenvalue weighted by Gasteiger charge is 2.43. The number of nitrogens with zero attached hydrogens (tertiary/aromatic N) is 6. The van der Waals surface area contributed by atoms with Gasteiger partial charge in [0.05, 0.1) is 29.6 Å². The zero-order valence-corrected chi connectivity index (χ0v) is 26.7. The molecule has 254 valence electrons. The molecule has 0 radical (unpaired) electrons. The van der Waals surface area contributed by atoms with E-state index in [9.17, 15) is 18.7 Å². The highest BCUT2D eigenvalue weighted by Crippen LogP contribution is 2.42. The normalized spacial score (nSPS) is 22.8. The number of hydrogen-bond donors (Lipinski definition) is 2. The summed E-state index contributed by atoms with van der Waals surface area (Å²) in [6, 6.07) is 2.29. The minimum atomic E-state index is -1.10. The first-order valence-electron chi connectivity index (χ1n) is 16.0. The topological polar surface area (TPSA) is 116 Å². The van der Waals surface area contributed by atoms with Crippen LogP contribution < -0.4 is 24.6 Å². The van der Waals surface area contributed by atoms with Crippen molar-refractivity contribution in [3.8, 4) is 24.1 Å². The van der Waals surface area contributed by atoms with Crippen LogP contribution in [0.2, 0.25) is 0 Å². The van der Waals surface area contributed by atoms with Crippen molar-refractivity contribution >= 4 is 34.1 Å². The molecular weight excluding hydrogens is 627 g/mol. The Morgan fingerprint density at radius 1 is 1.27 bits per heavy atom. The van der Waals surface area contributed by atoms with Gasteiger partial charge in [-0.25, -0.2) is 18.2 Å². The number of carbonyl (C=O) groups excluding carboxylic acids is 1. The summed E-state index contributed by atoms with van der Waals surface area (Å²) < 4.78 is 58.0. The zero-order valence-electron chi connectivity index (χ0n) is 26.7. The minimum absolute atomic E-state index is 0.0163. The SMILES string of the molecule is C#Cc1c(F)ccc2c1N(c1ncc3c(N4CCCCC(NC(=O)C=C)C4)nc(OC[C@]4(C)C[C@@H](F)CN4CCO)nc3c1F)CCO2. The third-order valence-corrected chi connectivity index (χ3v) is 9.19. The van der Waals surface area contributed by atoms with Crippen LogP contribution in [0.1, 0.15) is 38.2 Å². The van der Waals surface area contributed by atoms with Crippen LogP contribution in [-0.4, -0.2) is 101 Å². The number of carbonyl (C=O) groups is 1. The summed E-state index contributed by atoms with van der Waals surface area (Å²) in [5.41, 5.74) is -0.748. The fourth-order valence-corrected chi connectivity index (χ4v) is 6.84. The van der Waals surface area contributed by atoms with E-state index in [1.807, 2.05) is 16.7 Å². The number of β-amino-alcohol motifs (C(OH)–C–C–N with tert-alkyl or cyclic N) is 1. The van der Waals surface area contributed by atoms with E-state index in [0.29, 0.717) is 30.0 Å². The second kappa shape index (κ2) is 13.9. The Morgan fingerprint density at radius 3 is 2.88 bits per heavy atom. The number of terminal acetylenes is 1. The fourth-order valence-electron chi connectivity index (χ4n) is 6.84. The highest BCUT2D eigenvalue weighted by molar-refractivity contribution is 5.92. The Bertz CT molecular complexity index is 1750. The molecule has 48 heavy (non-hydrogen) atoms. The molecule has 1 unspecified atom stereocenters. The fraction of sp³-hybridized carbons (Fsp3) is 0.471. The number of aliphatic hydroxyl groups is 1. The molecule has 0 bridgehead atoms. The summed E-state index contributed by atoms with van der Waals surface area (Å²) >= 11 is 0. The summed E-state index contributed by atoms with van der Waals surface area (Å²) in [6.45, 7) is 6.90.